The molecule has 1 aromatic carbocycles. The normalized spacial score (nSPS) is 12.4. The molecular weight excluding hydrogens is 459 g/mol. The molecule has 0 bridgehead atoms. The molecule has 1 aromatic heterocycles. The smallest absolute Gasteiger partial charge is 0.191 e. The molecule has 0 N–H and O–H groups in total. The maximum Gasteiger partial charge on any atom is 0.191 e. The minimum Gasteiger partial charge on any atom is -0.417 e. The highest BCUT2D eigenvalue weighted by atomic mass is 127. The average molecular weight is 484 g/mol. The second kappa shape index (κ2) is 8.38. The molecule has 134 valence electrons. The predicted octanol–water partition coefficient (Wildman–Crippen LogP) is 6.22. The first kappa shape index (κ1) is 20.7. The topological polar surface area (TPSA) is 45.9 Å². The Hall–Kier alpha value is -0.623. The maximum absolute atomic E-state index is 9.42. The zero-order valence-electron chi connectivity index (χ0n) is 15.5. The number of benzene rings is 1. The quantitative estimate of drug-likeness (QED) is 0.212. The number of halogens is 1. The van der Waals surface area contributed by atoms with Crippen molar-refractivity contribution in [1.82, 2.24) is 4.98 Å². The zero-order valence-corrected chi connectivity index (χ0v) is 19.5. The van der Waals surface area contributed by atoms with E-state index in [0.717, 1.165) is 38.1 Å². The van der Waals surface area contributed by atoms with Gasteiger partial charge in [-0.05, 0) is 65.3 Å². The van der Waals surface area contributed by atoms with Gasteiger partial charge in [0.15, 0.2) is 8.32 Å². The van der Waals surface area contributed by atoms with Crippen molar-refractivity contribution in [2.24, 2.45) is 0 Å². The number of rotatable bonds is 6. The summed E-state index contributed by atoms with van der Waals surface area (Å²) in [6.07, 6.45) is 2.67. The van der Waals surface area contributed by atoms with Crippen molar-refractivity contribution in [1.29, 1.82) is 5.26 Å². The van der Waals surface area contributed by atoms with Crippen LogP contribution in [0.3, 0.4) is 0 Å². The Balaban J connectivity index is 2.04. The molecule has 1 heterocycles. The first-order valence-electron chi connectivity index (χ1n) is 8.41. The van der Waals surface area contributed by atoms with E-state index >= 15 is 0 Å². The SMILES string of the molecule is CC(C)(C)[Si](C)(C)OCCCSc1c(C#N)cnc2ccc(I)cc12. The van der Waals surface area contributed by atoms with E-state index in [1.165, 1.54) is 0 Å². The van der Waals surface area contributed by atoms with Gasteiger partial charge < -0.3 is 4.43 Å². The number of hydrogen-bond donors (Lipinski definition) is 0. The Morgan fingerprint density at radius 1 is 1.32 bits per heavy atom. The zero-order chi connectivity index (χ0) is 18.7. The number of pyridine rings is 1. The van der Waals surface area contributed by atoms with Gasteiger partial charge in [0.1, 0.15) is 6.07 Å². The highest BCUT2D eigenvalue weighted by Gasteiger charge is 2.36. The first-order valence-corrected chi connectivity index (χ1v) is 13.4. The van der Waals surface area contributed by atoms with Gasteiger partial charge in [-0.3, -0.25) is 4.98 Å². The summed E-state index contributed by atoms with van der Waals surface area (Å²) in [5, 5.41) is 10.7. The molecule has 0 amide bonds. The van der Waals surface area contributed by atoms with Gasteiger partial charge in [0, 0.05) is 32.4 Å². The number of thioether (sulfide) groups is 1. The van der Waals surface area contributed by atoms with E-state index in [-0.39, 0.29) is 5.04 Å². The Morgan fingerprint density at radius 2 is 2.04 bits per heavy atom. The summed E-state index contributed by atoms with van der Waals surface area (Å²) in [5.41, 5.74) is 1.60. The fraction of sp³-hybridized carbons (Fsp3) is 0.474. The van der Waals surface area contributed by atoms with Crippen LogP contribution in [0.15, 0.2) is 29.3 Å². The van der Waals surface area contributed by atoms with Crippen LogP contribution in [-0.2, 0) is 4.43 Å². The van der Waals surface area contributed by atoms with Gasteiger partial charge in [-0.15, -0.1) is 11.8 Å². The van der Waals surface area contributed by atoms with E-state index in [9.17, 15) is 5.26 Å². The molecule has 0 saturated heterocycles. The molecule has 0 fully saturated rings. The summed E-state index contributed by atoms with van der Waals surface area (Å²) in [6.45, 7) is 12.1. The number of nitrogens with zero attached hydrogens (tertiary/aromatic N) is 2. The molecule has 6 heteroatoms. The van der Waals surface area contributed by atoms with E-state index < -0.39 is 8.32 Å². The highest BCUT2D eigenvalue weighted by Crippen LogP contribution is 2.37. The van der Waals surface area contributed by atoms with Crippen LogP contribution >= 0.6 is 34.4 Å². The third kappa shape index (κ3) is 5.19. The highest BCUT2D eigenvalue weighted by molar-refractivity contribution is 14.1. The minimum absolute atomic E-state index is 0.242. The molecule has 0 aliphatic rings. The van der Waals surface area contributed by atoms with Crippen molar-refractivity contribution in [3.05, 3.63) is 33.5 Å². The van der Waals surface area contributed by atoms with Gasteiger partial charge in [-0.2, -0.15) is 5.26 Å². The van der Waals surface area contributed by atoms with Crippen molar-refractivity contribution < 1.29 is 4.43 Å². The Labute approximate surface area is 169 Å². The van der Waals surface area contributed by atoms with Crippen molar-refractivity contribution in [3.63, 3.8) is 0 Å². The summed E-state index contributed by atoms with van der Waals surface area (Å²) >= 11 is 4.04. The van der Waals surface area contributed by atoms with Crippen molar-refractivity contribution in [2.75, 3.05) is 12.4 Å². The first-order chi connectivity index (χ1) is 11.7. The monoisotopic (exact) mass is 484 g/mol. The van der Waals surface area contributed by atoms with E-state index in [4.69, 9.17) is 4.43 Å². The lowest BCUT2D eigenvalue weighted by Crippen LogP contribution is -2.41. The third-order valence-corrected chi connectivity index (χ3v) is 11.1. The van der Waals surface area contributed by atoms with Gasteiger partial charge in [0.05, 0.1) is 11.1 Å². The van der Waals surface area contributed by atoms with Crippen LogP contribution in [0.4, 0.5) is 0 Å². The molecule has 0 atom stereocenters. The van der Waals surface area contributed by atoms with Crippen LogP contribution in [-0.4, -0.2) is 25.7 Å². The Bertz CT molecular complexity index is 796. The van der Waals surface area contributed by atoms with Crippen molar-refractivity contribution >= 4 is 53.6 Å². The lowest BCUT2D eigenvalue weighted by atomic mass is 10.2. The van der Waals surface area contributed by atoms with Crippen LogP contribution < -0.4 is 0 Å². The van der Waals surface area contributed by atoms with Gasteiger partial charge in [0.2, 0.25) is 0 Å². The summed E-state index contributed by atoms with van der Waals surface area (Å²) < 4.78 is 7.40. The second-order valence-electron chi connectivity index (χ2n) is 7.59. The van der Waals surface area contributed by atoms with Crippen LogP contribution in [0.25, 0.3) is 10.9 Å². The molecule has 3 nitrogen and oxygen atoms in total. The summed E-state index contributed by atoms with van der Waals surface area (Å²) in [6, 6.07) is 8.45. The van der Waals surface area contributed by atoms with Crippen LogP contribution in [0.2, 0.25) is 18.1 Å². The van der Waals surface area contributed by atoms with Gasteiger partial charge in [-0.1, -0.05) is 20.8 Å². The molecule has 0 aliphatic carbocycles. The Kier molecular flexibility index (Phi) is 6.93. The second-order valence-corrected chi connectivity index (χ2v) is 14.7. The molecule has 0 unspecified atom stereocenters. The van der Waals surface area contributed by atoms with E-state index in [1.54, 1.807) is 18.0 Å². The molecule has 2 aromatic rings. The van der Waals surface area contributed by atoms with E-state index in [2.05, 4.69) is 73.6 Å². The van der Waals surface area contributed by atoms with Crippen molar-refractivity contribution in [2.45, 2.75) is 50.2 Å². The molecule has 0 spiro atoms. The summed E-state index contributed by atoms with van der Waals surface area (Å²) in [7, 11) is -1.68. The van der Waals surface area contributed by atoms with Crippen LogP contribution in [0, 0.1) is 14.9 Å². The predicted molar refractivity (Wildman–Crippen MR) is 118 cm³/mol. The summed E-state index contributed by atoms with van der Waals surface area (Å²) in [4.78, 5) is 5.44. The number of fused-ring (bicyclic) bond motifs is 1. The van der Waals surface area contributed by atoms with E-state index in [0.29, 0.717) is 5.56 Å². The standard InChI is InChI=1S/C19H25IN2OSSi/c1-19(2,3)25(4,5)23-9-6-10-24-18-14(12-21)13-22-17-8-7-15(20)11-16(17)18/h7-8,11,13H,6,9-10H2,1-5H3. The number of aromatic nitrogens is 1. The van der Waals surface area contributed by atoms with Gasteiger partial charge >= 0.3 is 0 Å². The third-order valence-electron chi connectivity index (χ3n) is 4.71. The molecule has 25 heavy (non-hydrogen) atoms. The van der Waals surface area contributed by atoms with Crippen molar-refractivity contribution in [3.8, 4) is 6.07 Å². The molecule has 0 aliphatic heterocycles. The minimum atomic E-state index is -1.68. The Morgan fingerprint density at radius 3 is 2.68 bits per heavy atom. The lowest BCUT2D eigenvalue weighted by molar-refractivity contribution is 0.289. The number of hydrogen-bond acceptors (Lipinski definition) is 4. The average Bonchev–Trinajstić information content (AvgIpc) is 2.53. The lowest BCUT2D eigenvalue weighted by Gasteiger charge is -2.36. The molecule has 0 radical (unpaired) electrons. The summed E-state index contributed by atoms with van der Waals surface area (Å²) in [5.74, 6) is 0.938. The van der Waals surface area contributed by atoms with Gasteiger partial charge in [-0.25, -0.2) is 0 Å². The molecule has 0 saturated carbocycles. The largest absolute Gasteiger partial charge is 0.417 e. The number of nitriles is 1. The fourth-order valence-electron chi connectivity index (χ4n) is 2.15. The fourth-order valence-corrected chi connectivity index (χ4v) is 4.77. The maximum atomic E-state index is 9.42. The van der Waals surface area contributed by atoms with E-state index in [1.807, 2.05) is 12.1 Å². The molecule has 2 rings (SSSR count). The van der Waals surface area contributed by atoms with Crippen LogP contribution in [0.1, 0.15) is 32.8 Å². The van der Waals surface area contributed by atoms with Gasteiger partial charge in [0.25, 0.3) is 0 Å². The molecular formula is C19H25IN2OSSi. The van der Waals surface area contributed by atoms with Crippen LogP contribution in [0.5, 0.6) is 0 Å².